The molecule has 3 atom stereocenters. The van der Waals surface area contributed by atoms with Gasteiger partial charge in [0.25, 0.3) is 5.91 Å². The Bertz CT molecular complexity index is 948. The van der Waals surface area contributed by atoms with Crippen molar-refractivity contribution in [2.45, 2.75) is 44.1 Å². The molecule has 0 radical (unpaired) electrons. The zero-order valence-electron chi connectivity index (χ0n) is 15.5. The van der Waals surface area contributed by atoms with Crippen LogP contribution in [0.15, 0.2) is 54.7 Å². The van der Waals surface area contributed by atoms with Gasteiger partial charge in [0, 0.05) is 18.0 Å². The molecule has 0 bridgehead atoms. The van der Waals surface area contributed by atoms with E-state index in [2.05, 4.69) is 45.4 Å². The molecule has 4 nitrogen and oxygen atoms in total. The molecule has 1 unspecified atom stereocenters. The number of amides is 1. The molecule has 1 aliphatic carbocycles. The summed E-state index contributed by atoms with van der Waals surface area (Å²) in [5.74, 6) is 1.32. The van der Waals surface area contributed by atoms with Crippen LogP contribution < -0.4 is 0 Å². The Labute approximate surface area is 159 Å². The van der Waals surface area contributed by atoms with Gasteiger partial charge in [-0.15, -0.1) is 0 Å². The first-order valence-corrected chi connectivity index (χ1v) is 10.1. The predicted octanol–water partition coefficient (Wildman–Crippen LogP) is 4.75. The van der Waals surface area contributed by atoms with Crippen LogP contribution in [-0.4, -0.2) is 33.6 Å². The molecule has 1 aromatic heterocycles. The van der Waals surface area contributed by atoms with Crippen LogP contribution >= 0.6 is 0 Å². The second kappa shape index (κ2) is 6.84. The van der Waals surface area contributed by atoms with Crippen LogP contribution in [0.5, 0.6) is 0 Å². The number of nitrogens with zero attached hydrogens (tertiary/aromatic N) is 2. The Kier molecular flexibility index (Phi) is 4.19. The number of hydrogen-bond acceptors (Lipinski definition) is 2. The van der Waals surface area contributed by atoms with Crippen molar-refractivity contribution >= 4 is 16.8 Å². The van der Waals surface area contributed by atoms with Gasteiger partial charge in [-0.2, -0.15) is 5.10 Å². The summed E-state index contributed by atoms with van der Waals surface area (Å²) in [4.78, 5) is 15.7. The number of benzene rings is 2. The van der Waals surface area contributed by atoms with Gasteiger partial charge in [0.05, 0.1) is 17.3 Å². The van der Waals surface area contributed by atoms with Gasteiger partial charge in [-0.3, -0.25) is 9.89 Å². The molecule has 1 saturated heterocycles. The Morgan fingerprint density at radius 1 is 1.00 bits per heavy atom. The quantitative estimate of drug-likeness (QED) is 0.718. The van der Waals surface area contributed by atoms with Gasteiger partial charge in [-0.1, -0.05) is 49.2 Å². The number of fused-ring (bicyclic) bond motifs is 2. The average molecular weight is 359 g/mol. The molecule has 2 aliphatic rings. The molecular weight excluding hydrogens is 334 g/mol. The summed E-state index contributed by atoms with van der Waals surface area (Å²) >= 11 is 0. The van der Waals surface area contributed by atoms with E-state index in [-0.39, 0.29) is 5.91 Å². The minimum absolute atomic E-state index is 0.172. The van der Waals surface area contributed by atoms with Crippen molar-refractivity contribution in [3.8, 4) is 0 Å². The smallest absolute Gasteiger partial charge is 0.254 e. The van der Waals surface area contributed by atoms with Crippen molar-refractivity contribution in [2.24, 2.45) is 5.92 Å². The van der Waals surface area contributed by atoms with Gasteiger partial charge in [-0.05, 0) is 48.8 Å². The van der Waals surface area contributed by atoms with Gasteiger partial charge in [0.2, 0.25) is 0 Å². The molecule has 3 aromatic rings. The maximum atomic E-state index is 13.5. The topological polar surface area (TPSA) is 49.0 Å². The predicted molar refractivity (Wildman–Crippen MR) is 107 cm³/mol. The Morgan fingerprint density at radius 3 is 2.74 bits per heavy atom. The SMILES string of the molecule is O=C(c1cccc2[nH]ncc12)N1CCC(c2ccccc2)[C@H]2CCCC[C@H]21. The normalized spacial score (nSPS) is 25.3. The molecule has 4 heteroatoms. The first-order valence-electron chi connectivity index (χ1n) is 10.1. The van der Waals surface area contributed by atoms with Crippen molar-refractivity contribution < 1.29 is 4.79 Å². The number of likely N-dealkylation sites (tertiary alicyclic amines) is 1. The Balaban J connectivity index is 1.47. The minimum Gasteiger partial charge on any atom is -0.335 e. The van der Waals surface area contributed by atoms with Crippen LogP contribution in [0.3, 0.4) is 0 Å². The van der Waals surface area contributed by atoms with Gasteiger partial charge in [-0.25, -0.2) is 0 Å². The first-order chi connectivity index (χ1) is 13.3. The molecule has 2 aromatic carbocycles. The number of carbonyl (C=O) groups excluding carboxylic acids is 1. The van der Waals surface area contributed by atoms with Gasteiger partial charge >= 0.3 is 0 Å². The molecule has 2 heterocycles. The van der Waals surface area contributed by atoms with E-state index in [0.717, 1.165) is 35.9 Å². The van der Waals surface area contributed by atoms with Gasteiger partial charge in [0.1, 0.15) is 0 Å². The van der Waals surface area contributed by atoms with Gasteiger partial charge < -0.3 is 4.90 Å². The monoisotopic (exact) mass is 359 g/mol. The van der Waals surface area contributed by atoms with E-state index in [9.17, 15) is 4.79 Å². The third kappa shape index (κ3) is 2.84. The van der Waals surface area contributed by atoms with E-state index in [1.807, 2.05) is 18.2 Å². The fourth-order valence-corrected chi connectivity index (χ4v) is 5.33. The zero-order valence-corrected chi connectivity index (χ0v) is 15.5. The number of nitrogens with one attached hydrogen (secondary N) is 1. The van der Waals surface area contributed by atoms with E-state index < -0.39 is 0 Å². The Hall–Kier alpha value is -2.62. The van der Waals surface area contributed by atoms with Crippen LogP contribution in [-0.2, 0) is 0 Å². The van der Waals surface area contributed by atoms with Crippen molar-refractivity contribution in [3.05, 3.63) is 65.9 Å². The Morgan fingerprint density at radius 2 is 1.85 bits per heavy atom. The number of rotatable bonds is 2. The lowest BCUT2D eigenvalue weighted by Gasteiger charge is -2.48. The summed E-state index contributed by atoms with van der Waals surface area (Å²) in [6.07, 6.45) is 7.69. The lowest BCUT2D eigenvalue weighted by atomic mass is 9.69. The van der Waals surface area contributed by atoms with Crippen LogP contribution in [0, 0.1) is 5.92 Å². The summed E-state index contributed by atoms with van der Waals surface area (Å²) in [6, 6.07) is 17.1. The van der Waals surface area contributed by atoms with Crippen LogP contribution in [0.25, 0.3) is 10.9 Å². The molecule has 2 fully saturated rings. The summed E-state index contributed by atoms with van der Waals surface area (Å²) in [5.41, 5.74) is 3.15. The first kappa shape index (κ1) is 16.5. The van der Waals surface area contributed by atoms with E-state index >= 15 is 0 Å². The van der Waals surface area contributed by atoms with Crippen molar-refractivity contribution in [3.63, 3.8) is 0 Å². The number of aromatic nitrogens is 2. The summed E-state index contributed by atoms with van der Waals surface area (Å²) in [6.45, 7) is 0.841. The number of H-pyrrole nitrogens is 1. The largest absolute Gasteiger partial charge is 0.335 e. The fourth-order valence-electron chi connectivity index (χ4n) is 5.33. The van der Waals surface area contributed by atoms with E-state index in [0.29, 0.717) is 17.9 Å². The lowest BCUT2D eigenvalue weighted by Crippen LogP contribution is -2.52. The molecule has 1 aliphatic heterocycles. The average Bonchev–Trinajstić information content (AvgIpc) is 3.22. The van der Waals surface area contributed by atoms with Crippen LogP contribution in [0.1, 0.15) is 53.9 Å². The highest BCUT2D eigenvalue weighted by Crippen LogP contribution is 2.44. The standard InChI is InChI=1S/C23H25N3O/c27-23(19-10-6-11-21-20(19)15-24-25-21)26-14-13-17(16-7-2-1-3-8-16)18-9-4-5-12-22(18)26/h1-3,6-8,10-11,15,17-18,22H,4-5,9,12-14H2,(H,24,25)/t17?,18-,22-/m1/s1. The third-order valence-electron chi connectivity index (χ3n) is 6.58. The maximum absolute atomic E-state index is 13.5. The molecule has 1 N–H and O–H groups in total. The number of piperidine rings is 1. The third-order valence-corrected chi connectivity index (χ3v) is 6.58. The van der Waals surface area contributed by atoms with E-state index in [1.165, 1.54) is 24.8 Å². The minimum atomic E-state index is 0.172. The highest BCUT2D eigenvalue weighted by Gasteiger charge is 2.42. The van der Waals surface area contributed by atoms with E-state index in [1.54, 1.807) is 6.20 Å². The second-order valence-corrected chi connectivity index (χ2v) is 7.96. The van der Waals surface area contributed by atoms with Crippen LogP contribution in [0.2, 0.25) is 0 Å². The van der Waals surface area contributed by atoms with Crippen molar-refractivity contribution in [1.82, 2.24) is 15.1 Å². The molecule has 27 heavy (non-hydrogen) atoms. The molecule has 1 amide bonds. The molecule has 5 rings (SSSR count). The molecule has 1 saturated carbocycles. The summed E-state index contributed by atoms with van der Waals surface area (Å²) < 4.78 is 0. The molecule has 0 spiro atoms. The summed E-state index contributed by atoms with van der Waals surface area (Å²) in [5, 5.41) is 8.04. The van der Waals surface area contributed by atoms with E-state index in [4.69, 9.17) is 0 Å². The lowest BCUT2D eigenvalue weighted by molar-refractivity contribution is 0.0321. The number of hydrogen-bond donors (Lipinski definition) is 1. The number of aromatic amines is 1. The highest BCUT2D eigenvalue weighted by molar-refractivity contribution is 6.06. The summed E-state index contributed by atoms with van der Waals surface area (Å²) in [7, 11) is 0. The second-order valence-electron chi connectivity index (χ2n) is 7.96. The maximum Gasteiger partial charge on any atom is 0.254 e. The van der Waals surface area contributed by atoms with Crippen LogP contribution in [0.4, 0.5) is 0 Å². The highest BCUT2D eigenvalue weighted by atomic mass is 16.2. The molecular formula is C23H25N3O. The van der Waals surface area contributed by atoms with Gasteiger partial charge in [0.15, 0.2) is 0 Å². The zero-order chi connectivity index (χ0) is 18.2. The van der Waals surface area contributed by atoms with Crippen molar-refractivity contribution in [2.75, 3.05) is 6.54 Å². The number of carbonyl (C=O) groups is 1. The fraction of sp³-hybridized carbons (Fsp3) is 0.391. The molecule has 138 valence electrons. The van der Waals surface area contributed by atoms with Crippen molar-refractivity contribution in [1.29, 1.82) is 0 Å².